The second-order valence-corrected chi connectivity index (χ2v) is 7.35. The summed E-state index contributed by atoms with van der Waals surface area (Å²) >= 11 is 0. The minimum Gasteiger partial charge on any atom is -0.334 e. The molecule has 0 unspecified atom stereocenters. The van der Waals surface area contributed by atoms with Gasteiger partial charge in [-0.3, -0.25) is 4.79 Å². The predicted octanol–water partition coefficient (Wildman–Crippen LogP) is 1.92. The van der Waals surface area contributed by atoms with E-state index in [4.69, 9.17) is 0 Å². The van der Waals surface area contributed by atoms with Crippen LogP contribution >= 0.6 is 0 Å². The third-order valence-corrected chi connectivity index (χ3v) is 6.04. The standard InChI is InChI=1S/C17H27N5O/c1-12-16(19-20-22(12)14-7-9-18-10-8-14)17(23)21-11-3-6-15(21)13-4-2-5-13/h13-15,18H,2-11H2,1H3/t15-/m0/s1. The Kier molecular flexibility index (Phi) is 4.09. The van der Waals surface area contributed by atoms with Gasteiger partial charge in [-0.2, -0.15) is 0 Å². The van der Waals surface area contributed by atoms with Crippen LogP contribution in [0.4, 0.5) is 0 Å². The summed E-state index contributed by atoms with van der Waals surface area (Å²) in [5.41, 5.74) is 1.52. The zero-order valence-electron chi connectivity index (χ0n) is 14.0. The smallest absolute Gasteiger partial charge is 0.276 e. The number of piperidine rings is 1. The molecule has 0 radical (unpaired) electrons. The van der Waals surface area contributed by atoms with E-state index in [1.807, 2.05) is 11.6 Å². The molecule has 6 nitrogen and oxygen atoms in total. The van der Waals surface area contributed by atoms with Gasteiger partial charge >= 0.3 is 0 Å². The number of rotatable bonds is 3. The maximum atomic E-state index is 13.0. The number of amides is 1. The SMILES string of the molecule is Cc1c(C(=O)N2CCC[C@H]2C2CCC2)nnn1C1CCNCC1. The van der Waals surface area contributed by atoms with E-state index >= 15 is 0 Å². The average molecular weight is 317 g/mol. The number of nitrogens with one attached hydrogen (secondary N) is 1. The molecule has 2 aliphatic heterocycles. The summed E-state index contributed by atoms with van der Waals surface area (Å²) < 4.78 is 1.99. The lowest BCUT2D eigenvalue weighted by Gasteiger charge is -2.36. The first-order chi connectivity index (χ1) is 11.3. The highest BCUT2D eigenvalue weighted by Crippen LogP contribution is 2.37. The van der Waals surface area contributed by atoms with E-state index in [-0.39, 0.29) is 5.91 Å². The van der Waals surface area contributed by atoms with Gasteiger partial charge in [0.25, 0.3) is 5.91 Å². The summed E-state index contributed by atoms with van der Waals surface area (Å²) in [5, 5.41) is 12.0. The molecular weight excluding hydrogens is 290 g/mol. The van der Waals surface area contributed by atoms with E-state index in [2.05, 4.69) is 20.5 Å². The van der Waals surface area contributed by atoms with Crippen LogP contribution in [0.15, 0.2) is 0 Å². The van der Waals surface area contributed by atoms with Gasteiger partial charge in [-0.25, -0.2) is 4.68 Å². The van der Waals surface area contributed by atoms with Crippen LogP contribution in [-0.2, 0) is 0 Å². The number of hydrogen-bond acceptors (Lipinski definition) is 4. The van der Waals surface area contributed by atoms with Crippen molar-refractivity contribution in [2.45, 2.75) is 64.0 Å². The zero-order chi connectivity index (χ0) is 15.8. The second-order valence-electron chi connectivity index (χ2n) is 7.35. The number of carbonyl (C=O) groups excluding carboxylic acids is 1. The molecule has 3 aliphatic rings. The van der Waals surface area contributed by atoms with Gasteiger partial charge in [-0.1, -0.05) is 11.6 Å². The Morgan fingerprint density at radius 3 is 2.61 bits per heavy atom. The molecule has 1 N–H and O–H groups in total. The van der Waals surface area contributed by atoms with Crippen molar-refractivity contribution in [3.8, 4) is 0 Å². The third-order valence-electron chi connectivity index (χ3n) is 6.04. The van der Waals surface area contributed by atoms with Gasteiger partial charge in [0.15, 0.2) is 5.69 Å². The second kappa shape index (κ2) is 6.23. The normalized spacial score (nSPS) is 26.5. The maximum absolute atomic E-state index is 13.0. The zero-order valence-corrected chi connectivity index (χ0v) is 14.0. The van der Waals surface area contributed by atoms with Crippen LogP contribution in [-0.4, -0.2) is 51.5 Å². The Hall–Kier alpha value is -1.43. The molecular formula is C17H27N5O. The molecule has 23 heavy (non-hydrogen) atoms. The highest BCUT2D eigenvalue weighted by molar-refractivity contribution is 5.93. The van der Waals surface area contributed by atoms with E-state index in [1.165, 1.54) is 19.3 Å². The summed E-state index contributed by atoms with van der Waals surface area (Å²) in [4.78, 5) is 15.1. The largest absolute Gasteiger partial charge is 0.334 e. The lowest BCUT2D eigenvalue weighted by molar-refractivity contribution is 0.0619. The summed E-state index contributed by atoms with van der Waals surface area (Å²) in [7, 11) is 0. The summed E-state index contributed by atoms with van der Waals surface area (Å²) in [5.74, 6) is 0.832. The molecule has 3 heterocycles. The van der Waals surface area contributed by atoms with Crippen molar-refractivity contribution in [1.82, 2.24) is 25.2 Å². The van der Waals surface area contributed by atoms with Crippen molar-refractivity contribution in [2.75, 3.05) is 19.6 Å². The monoisotopic (exact) mass is 317 g/mol. The first-order valence-electron chi connectivity index (χ1n) is 9.19. The van der Waals surface area contributed by atoms with Gasteiger partial charge in [0.05, 0.1) is 11.7 Å². The fraction of sp³-hybridized carbons (Fsp3) is 0.824. The van der Waals surface area contributed by atoms with Gasteiger partial charge in [0.1, 0.15) is 0 Å². The molecule has 0 bridgehead atoms. The summed E-state index contributed by atoms with van der Waals surface area (Å²) in [6, 6.07) is 0.825. The summed E-state index contributed by atoms with van der Waals surface area (Å²) in [6.07, 6.45) is 8.32. The van der Waals surface area contributed by atoms with Gasteiger partial charge in [0, 0.05) is 12.6 Å². The minimum atomic E-state index is 0.108. The molecule has 1 atom stereocenters. The predicted molar refractivity (Wildman–Crippen MR) is 87.3 cm³/mol. The molecule has 1 saturated carbocycles. The van der Waals surface area contributed by atoms with E-state index in [0.717, 1.165) is 56.9 Å². The molecule has 6 heteroatoms. The molecule has 0 spiro atoms. The molecule has 4 rings (SSSR count). The fourth-order valence-corrected chi connectivity index (χ4v) is 4.43. The van der Waals surface area contributed by atoms with E-state index < -0.39 is 0 Å². The van der Waals surface area contributed by atoms with Gasteiger partial charge in [-0.15, -0.1) is 5.10 Å². The quantitative estimate of drug-likeness (QED) is 0.925. The van der Waals surface area contributed by atoms with Gasteiger partial charge in [0.2, 0.25) is 0 Å². The summed E-state index contributed by atoms with van der Waals surface area (Å²) in [6.45, 7) is 4.93. The Morgan fingerprint density at radius 1 is 1.13 bits per heavy atom. The van der Waals surface area contributed by atoms with Crippen molar-refractivity contribution in [2.24, 2.45) is 5.92 Å². The molecule has 0 aromatic carbocycles. The molecule has 1 amide bonds. The Morgan fingerprint density at radius 2 is 1.91 bits per heavy atom. The highest BCUT2D eigenvalue weighted by Gasteiger charge is 2.39. The highest BCUT2D eigenvalue weighted by atomic mass is 16.2. The Labute approximate surface area is 137 Å². The Balaban J connectivity index is 1.53. The van der Waals surface area contributed by atoms with Gasteiger partial charge < -0.3 is 10.2 Å². The topological polar surface area (TPSA) is 63.1 Å². The lowest BCUT2D eigenvalue weighted by Crippen LogP contribution is -2.42. The Bertz CT molecular complexity index is 574. The van der Waals surface area contributed by atoms with Crippen molar-refractivity contribution in [3.05, 3.63) is 11.4 Å². The fourth-order valence-electron chi connectivity index (χ4n) is 4.43. The van der Waals surface area contributed by atoms with Crippen LogP contribution in [0.3, 0.4) is 0 Å². The minimum absolute atomic E-state index is 0.108. The van der Waals surface area contributed by atoms with Crippen LogP contribution in [0.5, 0.6) is 0 Å². The number of likely N-dealkylation sites (tertiary alicyclic amines) is 1. The van der Waals surface area contributed by atoms with Crippen LogP contribution < -0.4 is 5.32 Å². The number of aromatic nitrogens is 3. The van der Waals surface area contributed by atoms with Crippen LogP contribution in [0.2, 0.25) is 0 Å². The molecule has 2 saturated heterocycles. The van der Waals surface area contributed by atoms with Crippen molar-refractivity contribution < 1.29 is 4.79 Å². The number of carbonyl (C=O) groups is 1. The van der Waals surface area contributed by atoms with E-state index in [1.54, 1.807) is 0 Å². The number of hydrogen-bond donors (Lipinski definition) is 1. The van der Waals surface area contributed by atoms with Crippen LogP contribution in [0.1, 0.15) is 67.2 Å². The van der Waals surface area contributed by atoms with Crippen molar-refractivity contribution in [3.63, 3.8) is 0 Å². The van der Waals surface area contributed by atoms with E-state index in [9.17, 15) is 4.79 Å². The van der Waals surface area contributed by atoms with Gasteiger partial charge in [-0.05, 0) is 64.5 Å². The lowest BCUT2D eigenvalue weighted by atomic mass is 9.79. The maximum Gasteiger partial charge on any atom is 0.276 e. The van der Waals surface area contributed by atoms with Crippen molar-refractivity contribution in [1.29, 1.82) is 0 Å². The molecule has 1 aromatic rings. The molecule has 126 valence electrons. The average Bonchev–Trinajstić information content (AvgIpc) is 3.13. The van der Waals surface area contributed by atoms with Crippen LogP contribution in [0, 0.1) is 12.8 Å². The first-order valence-corrected chi connectivity index (χ1v) is 9.19. The van der Waals surface area contributed by atoms with E-state index in [0.29, 0.717) is 17.8 Å². The molecule has 1 aromatic heterocycles. The third kappa shape index (κ3) is 2.67. The van der Waals surface area contributed by atoms with Crippen molar-refractivity contribution >= 4 is 5.91 Å². The van der Waals surface area contributed by atoms with Crippen LogP contribution in [0.25, 0.3) is 0 Å². The molecule has 1 aliphatic carbocycles. The molecule has 3 fully saturated rings. The number of nitrogens with zero attached hydrogens (tertiary/aromatic N) is 4. The first kappa shape index (κ1) is 15.1.